The Bertz CT molecular complexity index is 934. The minimum Gasteiger partial charge on any atom is -0.423 e. The summed E-state index contributed by atoms with van der Waals surface area (Å²) in [5.74, 6) is -0.421. The van der Waals surface area contributed by atoms with E-state index < -0.39 is 5.97 Å². The van der Waals surface area contributed by atoms with E-state index >= 15 is 0 Å². The van der Waals surface area contributed by atoms with Gasteiger partial charge in [0.25, 0.3) is 0 Å². The molecule has 0 aromatic heterocycles. The van der Waals surface area contributed by atoms with Crippen LogP contribution in [0.15, 0.2) is 48.5 Å². The molecule has 28 heavy (non-hydrogen) atoms. The van der Waals surface area contributed by atoms with E-state index in [0.29, 0.717) is 22.9 Å². The van der Waals surface area contributed by atoms with Crippen LogP contribution in [0.5, 0.6) is 5.75 Å². The number of aryl methyl sites for hydroxylation is 1. The second-order valence-corrected chi connectivity index (χ2v) is 7.90. The van der Waals surface area contributed by atoms with Crippen LogP contribution in [0, 0.1) is 24.7 Å². The van der Waals surface area contributed by atoms with Crippen molar-refractivity contribution in [2.75, 3.05) is 4.90 Å². The van der Waals surface area contributed by atoms with E-state index in [1.807, 2.05) is 19.1 Å². The molecule has 0 N–H and O–H groups in total. The van der Waals surface area contributed by atoms with Crippen molar-refractivity contribution in [2.45, 2.75) is 33.1 Å². The number of fused-ring (bicyclic) bond motifs is 1. The topological polar surface area (TPSA) is 63.7 Å². The van der Waals surface area contributed by atoms with Crippen LogP contribution in [0.2, 0.25) is 0 Å². The molecular formula is C23H23NO4. The number of hydrogen-bond acceptors (Lipinski definition) is 4. The largest absolute Gasteiger partial charge is 0.423 e. The van der Waals surface area contributed by atoms with Gasteiger partial charge in [0, 0.05) is 6.07 Å². The summed E-state index contributed by atoms with van der Waals surface area (Å²) in [6.45, 7) is 4.07. The minimum absolute atomic E-state index is 0.135. The lowest BCUT2D eigenvalue weighted by molar-refractivity contribution is -0.122. The zero-order valence-corrected chi connectivity index (χ0v) is 16.1. The van der Waals surface area contributed by atoms with Gasteiger partial charge in [-0.05, 0) is 56.4 Å². The summed E-state index contributed by atoms with van der Waals surface area (Å²) in [7, 11) is 0. The van der Waals surface area contributed by atoms with Gasteiger partial charge in [-0.15, -0.1) is 0 Å². The SMILES string of the molecule is Cc1ccc(C(=O)Oc2cccc(N3C(=O)C4CCC(C)CC4C3=O)c2)cc1. The highest BCUT2D eigenvalue weighted by Gasteiger charge is 2.50. The minimum atomic E-state index is -0.473. The molecule has 1 heterocycles. The van der Waals surface area contributed by atoms with Crippen molar-refractivity contribution in [2.24, 2.45) is 17.8 Å². The molecule has 2 amide bonds. The fourth-order valence-corrected chi connectivity index (χ4v) is 4.19. The van der Waals surface area contributed by atoms with E-state index in [0.717, 1.165) is 24.8 Å². The zero-order chi connectivity index (χ0) is 19.8. The Morgan fingerprint density at radius 3 is 2.46 bits per heavy atom. The van der Waals surface area contributed by atoms with E-state index in [4.69, 9.17) is 4.74 Å². The highest BCUT2D eigenvalue weighted by Crippen LogP contribution is 2.42. The molecule has 144 valence electrons. The molecule has 0 radical (unpaired) electrons. The van der Waals surface area contributed by atoms with E-state index in [2.05, 4.69) is 6.92 Å². The van der Waals surface area contributed by atoms with E-state index in [1.54, 1.807) is 36.4 Å². The fraction of sp³-hybridized carbons (Fsp3) is 0.348. The second-order valence-electron chi connectivity index (χ2n) is 7.90. The molecule has 5 nitrogen and oxygen atoms in total. The third-order valence-corrected chi connectivity index (χ3v) is 5.76. The van der Waals surface area contributed by atoms with Crippen molar-refractivity contribution in [3.63, 3.8) is 0 Å². The molecular weight excluding hydrogens is 354 g/mol. The number of anilines is 1. The monoisotopic (exact) mass is 377 g/mol. The molecule has 3 unspecified atom stereocenters. The number of esters is 1. The first-order valence-electron chi connectivity index (χ1n) is 9.71. The van der Waals surface area contributed by atoms with Crippen LogP contribution in [0.4, 0.5) is 5.69 Å². The molecule has 4 rings (SSSR count). The molecule has 2 fully saturated rings. The van der Waals surface area contributed by atoms with Crippen molar-refractivity contribution in [3.8, 4) is 5.75 Å². The number of imide groups is 1. The predicted molar refractivity (Wildman–Crippen MR) is 105 cm³/mol. The maximum absolute atomic E-state index is 12.9. The smallest absolute Gasteiger partial charge is 0.343 e. The number of ether oxygens (including phenoxy) is 1. The van der Waals surface area contributed by atoms with Gasteiger partial charge in [0.1, 0.15) is 5.75 Å². The molecule has 1 saturated heterocycles. The Morgan fingerprint density at radius 1 is 1.00 bits per heavy atom. The third-order valence-electron chi connectivity index (χ3n) is 5.76. The first kappa shape index (κ1) is 18.4. The predicted octanol–water partition coefficient (Wildman–Crippen LogP) is 4.14. The van der Waals surface area contributed by atoms with Crippen LogP contribution in [-0.4, -0.2) is 17.8 Å². The maximum Gasteiger partial charge on any atom is 0.343 e. The van der Waals surface area contributed by atoms with Gasteiger partial charge >= 0.3 is 5.97 Å². The van der Waals surface area contributed by atoms with Crippen LogP contribution in [0.3, 0.4) is 0 Å². The van der Waals surface area contributed by atoms with Gasteiger partial charge < -0.3 is 4.74 Å². The lowest BCUT2D eigenvalue weighted by Crippen LogP contribution is -2.30. The molecule has 5 heteroatoms. The molecule has 1 aliphatic heterocycles. The lowest BCUT2D eigenvalue weighted by Gasteiger charge is -2.25. The molecule has 2 aromatic carbocycles. The van der Waals surface area contributed by atoms with Crippen LogP contribution >= 0.6 is 0 Å². The lowest BCUT2D eigenvalue weighted by atomic mass is 9.76. The number of rotatable bonds is 3. The number of carbonyl (C=O) groups is 3. The van der Waals surface area contributed by atoms with E-state index in [9.17, 15) is 14.4 Å². The highest BCUT2D eigenvalue weighted by molar-refractivity contribution is 6.22. The summed E-state index contributed by atoms with van der Waals surface area (Å²) in [4.78, 5) is 39.4. The van der Waals surface area contributed by atoms with Crippen molar-refractivity contribution in [1.82, 2.24) is 0 Å². The van der Waals surface area contributed by atoms with Crippen molar-refractivity contribution < 1.29 is 19.1 Å². The summed E-state index contributed by atoms with van der Waals surface area (Å²) in [5.41, 5.74) is 1.97. The first-order valence-corrected chi connectivity index (χ1v) is 9.71. The van der Waals surface area contributed by atoms with Gasteiger partial charge in [-0.2, -0.15) is 0 Å². The second kappa shape index (κ2) is 7.23. The van der Waals surface area contributed by atoms with Crippen LogP contribution in [0.1, 0.15) is 42.1 Å². The van der Waals surface area contributed by atoms with Gasteiger partial charge in [-0.25, -0.2) is 9.69 Å². The molecule has 1 saturated carbocycles. The van der Waals surface area contributed by atoms with Gasteiger partial charge in [0.05, 0.1) is 23.1 Å². The van der Waals surface area contributed by atoms with Crippen LogP contribution in [0.25, 0.3) is 0 Å². The molecule has 1 aliphatic carbocycles. The van der Waals surface area contributed by atoms with Crippen molar-refractivity contribution in [1.29, 1.82) is 0 Å². The summed E-state index contributed by atoms with van der Waals surface area (Å²) in [6.07, 6.45) is 2.49. The molecule has 2 aromatic rings. The van der Waals surface area contributed by atoms with Gasteiger partial charge in [-0.3, -0.25) is 9.59 Å². The highest BCUT2D eigenvalue weighted by atomic mass is 16.5. The number of nitrogens with zero attached hydrogens (tertiary/aromatic N) is 1. The maximum atomic E-state index is 12.9. The molecule has 2 aliphatic rings. The average Bonchev–Trinajstić information content (AvgIpc) is 2.92. The Hall–Kier alpha value is -2.95. The quantitative estimate of drug-likeness (QED) is 0.458. The van der Waals surface area contributed by atoms with Gasteiger partial charge in [-0.1, -0.05) is 30.7 Å². The standard InChI is InChI=1S/C23H23NO4/c1-14-6-9-16(10-7-14)23(27)28-18-5-3-4-17(13-18)24-21(25)19-11-8-15(2)12-20(19)22(24)26/h3-7,9-10,13,15,19-20H,8,11-12H2,1-2H3. The fourth-order valence-electron chi connectivity index (χ4n) is 4.19. The normalized spacial score (nSPS) is 24.2. The third kappa shape index (κ3) is 3.33. The Balaban J connectivity index is 1.55. The summed E-state index contributed by atoms with van der Waals surface area (Å²) < 4.78 is 5.46. The summed E-state index contributed by atoms with van der Waals surface area (Å²) >= 11 is 0. The van der Waals surface area contributed by atoms with E-state index in [-0.39, 0.29) is 23.7 Å². The number of benzene rings is 2. The Morgan fingerprint density at radius 2 is 1.71 bits per heavy atom. The van der Waals surface area contributed by atoms with Crippen LogP contribution < -0.4 is 9.64 Å². The van der Waals surface area contributed by atoms with E-state index in [1.165, 1.54) is 4.90 Å². The van der Waals surface area contributed by atoms with Crippen LogP contribution in [-0.2, 0) is 9.59 Å². The number of hydrogen-bond donors (Lipinski definition) is 0. The summed E-state index contributed by atoms with van der Waals surface area (Å²) in [5, 5.41) is 0. The average molecular weight is 377 g/mol. The Labute approximate surface area is 164 Å². The number of amides is 2. The molecule has 0 spiro atoms. The first-order chi connectivity index (χ1) is 13.4. The van der Waals surface area contributed by atoms with Crippen molar-refractivity contribution >= 4 is 23.5 Å². The molecule has 3 atom stereocenters. The van der Waals surface area contributed by atoms with Gasteiger partial charge in [0.15, 0.2) is 0 Å². The summed E-state index contributed by atoms with van der Waals surface area (Å²) in [6, 6.07) is 13.7. The number of carbonyl (C=O) groups excluding carboxylic acids is 3. The zero-order valence-electron chi connectivity index (χ0n) is 16.1. The van der Waals surface area contributed by atoms with Crippen molar-refractivity contribution in [3.05, 3.63) is 59.7 Å². The Kier molecular flexibility index (Phi) is 4.75. The van der Waals surface area contributed by atoms with Gasteiger partial charge in [0.2, 0.25) is 11.8 Å². The molecule has 0 bridgehead atoms.